The van der Waals surface area contributed by atoms with E-state index in [1.54, 1.807) is 16.2 Å². The molecule has 2 aliphatic rings. The molecule has 20 heavy (non-hydrogen) atoms. The zero-order valence-corrected chi connectivity index (χ0v) is 12.3. The maximum Gasteiger partial charge on any atom is 0.243 e. The molecular formula is C15H20N2O2S. The molecule has 2 fully saturated rings. The maximum atomic E-state index is 12.3. The lowest BCUT2D eigenvalue weighted by Gasteiger charge is -2.40. The van der Waals surface area contributed by atoms with Crippen LogP contribution in [0.25, 0.3) is 0 Å². The van der Waals surface area contributed by atoms with Gasteiger partial charge in [0, 0.05) is 4.88 Å². The molecule has 2 amide bonds. The average Bonchev–Trinajstić information content (AvgIpc) is 2.97. The summed E-state index contributed by atoms with van der Waals surface area (Å²) in [6, 6.07) is 3.76. The number of carbonyl (C=O) groups excluding carboxylic acids is 2. The van der Waals surface area contributed by atoms with Crippen molar-refractivity contribution < 1.29 is 9.59 Å². The summed E-state index contributed by atoms with van der Waals surface area (Å²) < 4.78 is 0. The van der Waals surface area contributed by atoms with Gasteiger partial charge in [0.05, 0.1) is 13.1 Å². The van der Waals surface area contributed by atoms with Gasteiger partial charge in [-0.15, -0.1) is 11.3 Å². The van der Waals surface area contributed by atoms with Crippen molar-refractivity contribution >= 4 is 23.2 Å². The van der Waals surface area contributed by atoms with Crippen LogP contribution < -0.4 is 5.32 Å². The first-order chi connectivity index (χ1) is 9.75. The van der Waals surface area contributed by atoms with Crippen LogP contribution in [0.15, 0.2) is 17.5 Å². The van der Waals surface area contributed by atoms with Crippen LogP contribution >= 0.6 is 11.3 Å². The molecule has 1 saturated heterocycles. The number of nitrogens with one attached hydrogen (secondary N) is 1. The molecule has 1 aromatic heterocycles. The molecule has 1 unspecified atom stereocenters. The van der Waals surface area contributed by atoms with Gasteiger partial charge in [-0.2, -0.15) is 0 Å². The monoisotopic (exact) mass is 292 g/mol. The smallest absolute Gasteiger partial charge is 0.243 e. The second kappa shape index (κ2) is 5.95. The van der Waals surface area contributed by atoms with Gasteiger partial charge in [-0.05, 0) is 30.2 Å². The van der Waals surface area contributed by atoms with Crippen LogP contribution in [0.4, 0.5) is 0 Å². The van der Waals surface area contributed by atoms with E-state index in [1.807, 2.05) is 17.5 Å². The molecule has 2 heterocycles. The van der Waals surface area contributed by atoms with Crippen LogP contribution in [-0.2, 0) is 16.1 Å². The summed E-state index contributed by atoms with van der Waals surface area (Å²) in [4.78, 5) is 27.5. The second-order valence-electron chi connectivity index (χ2n) is 5.66. The van der Waals surface area contributed by atoms with Gasteiger partial charge in [0.2, 0.25) is 11.8 Å². The van der Waals surface area contributed by atoms with E-state index in [2.05, 4.69) is 5.32 Å². The Balaban J connectivity index is 1.80. The molecule has 108 valence electrons. The Hall–Kier alpha value is -1.36. The van der Waals surface area contributed by atoms with Gasteiger partial charge < -0.3 is 10.2 Å². The van der Waals surface area contributed by atoms with Crippen LogP contribution in [0, 0.1) is 5.92 Å². The van der Waals surface area contributed by atoms with Gasteiger partial charge in [-0.25, -0.2) is 0 Å². The Labute approximate surface area is 123 Å². The lowest BCUT2D eigenvalue weighted by molar-refractivity contribution is -0.149. The number of carbonyl (C=O) groups is 2. The van der Waals surface area contributed by atoms with Gasteiger partial charge >= 0.3 is 0 Å². The molecule has 0 aromatic carbocycles. The molecule has 1 aliphatic carbocycles. The minimum Gasteiger partial charge on any atom is -0.345 e. The molecule has 1 N–H and O–H groups in total. The van der Waals surface area contributed by atoms with Crippen LogP contribution in [0.5, 0.6) is 0 Å². The molecule has 1 saturated carbocycles. The van der Waals surface area contributed by atoms with Gasteiger partial charge in [-0.3, -0.25) is 9.59 Å². The fourth-order valence-corrected chi connectivity index (χ4v) is 4.04. The Kier molecular flexibility index (Phi) is 4.05. The number of piperazine rings is 1. The standard InChI is InChI=1S/C15H20N2O2S/c18-13-9-16-15(19)14(11-5-2-1-3-6-11)17(13)10-12-7-4-8-20-12/h4,7-8,11,14H,1-3,5-6,9-10H2,(H,16,19). The number of thiophene rings is 1. The molecular weight excluding hydrogens is 272 g/mol. The third-order valence-electron chi connectivity index (χ3n) is 4.34. The first kappa shape index (κ1) is 13.6. The summed E-state index contributed by atoms with van der Waals surface area (Å²) >= 11 is 1.64. The maximum absolute atomic E-state index is 12.3. The fraction of sp³-hybridized carbons (Fsp3) is 0.600. The minimum absolute atomic E-state index is 0.0352. The number of nitrogens with zero attached hydrogens (tertiary/aromatic N) is 1. The van der Waals surface area contributed by atoms with Crippen molar-refractivity contribution in [3.05, 3.63) is 22.4 Å². The van der Waals surface area contributed by atoms with Gasteiger partial charge in [0.25, 0.3) is 0 Å². The van der Waals surface area contributed by atoms with Crippen molar-refractivity contribution in [3.63, 3.8) is 0 Å². The van der Waals surface area contributed by atoms with Crippen LogP contribution in [0.3, 0.4) is 0 Å². The minimum atomic E-state index is -0.265. The molecule has 0 radical (unpaired) electrons. The largest absolute Gasteiger partial charge is 0.345 e. The predicted molar refractivity (Wildman–Crippen MR) is 78.2 cm³/mol. The van der Waals surface area contributed by atoms with Crippen LogP contribution in [0.1, 0.15) is 37.0 Å². The number of rotatable bonds is 3. The first-order valence-electron chi connectivity index (χ1n) is 7.35. The highest BCUT2D eigenvalue weighted by atomic mass is 32.1. The Morgan fingerprint density at radius 3 is 2.75 bits per heavy atom. The molecule has 0 bridgehead atoms. The van der Waals surface area contributed by atoms with E-state index >= 15 is 0 Å². The summed E-state index contributed by atoms with van der Waals surface area (Å²) in [6.45, 7) is 0.721. The van der Waals surface area contributed by atoms with Crippen LogP contribution in [0.2, 0.25) is 0 Å². The van der Waals surface area contributed by atoms with Crippen molar-refractivity contribution in [1.82, 2.24) is 10.2 Å². The van der Waals surface area contributed by atoms with Crippen molar-refractivity contribution in [2.75, 3.05) is 6.54 Å². The van der Waals surface area contributed by atoms with E-state index in [-0.39, 0.29) is 24.4 Å². The molecule has 5 heteroatoms. The third kappa shape index (κ3) is 2.73. The summed E-state index contributed by atoms with van der Waals surface area (Å²) in [5.41, 5.74) is 0. The van der Waals surface area contributed by atoms with Crippen molar-refractivity contribution in [3.8, 4) is 0 Å². The average molecular weight is 292 g/mol. The Bertz CT molecular complexity index is 480. The Morgan fingerprint density at radius 1 is 1.25 bits per heavy atom. The van der Waals surface area contributed by atoms with E-state index in [0.29, 0.717) is 12.5 Å². The van der Waals surface area contributed by atoms with E-state index in [0.717, 1.165) is 17.7 Å². The van der Waals surface area contributed by atoms with Crippen molar-refractivity contribution in [2.45, 2.75) is 44.7 Å². The van der Waals surface area contributed by atoms with Crippen LogP contribution in [-0.4, -0.2) is 29.3 Å². The van der Waals surface area contributed by atoms with E-state index in [9.17, 15) is 9.59 Å². The van der Waals surface area contributed by atoms with Crippen molar-refractivity contribution in [1.29, 1.82) is 0 Å². The van der Waals surface area contributed by atoms with Gasteiger partial charge in [-0.1, -0.05) is 25.3 Å². The van der Waals surface area contributed by atoms with Gasteiger partial charge in [0.15, 0.2) is 0 Å². The number of amides is 2. The molecule has 1 aromatic rings. The zero-order valence-electron chi connectivity index (χ0n) is 11.5. The summed E-state index contributed by atoms with van der Waals surface area (Å²) in [5.74, 6) is 0.412. The van der Waals surface area contributed by atoms with Crippen molar-refractivity contribution in [2.24, 2.45) is 5.92 Å². The summed E-state index contributed by atoms with van der Waals surface area (Å²) in [7, 11) is 0. The van der Waals surface area contributed by atoms with Gasteiger partial charge in [0.1, 0.15) is 6.04 Å². The third-order valence-corrected chi connectivity index (χ3v) is 5.20. The van der Waals surface area contributed by atoms with E-state index < -0.39 is 0 Å². The molecule has 3 rings (SSSR count). The number of hydrogen-bond donors (Lipinski definition) is 1. The summed E-state index contributed by atoms with van der Waals surface area (Å²) in [6.07, 6.45) is 5.73. The molecule has 1 atom stereocenters. The topological polar surface area (TPSA) is 49.4 Å². The molecule has 4 nitrogen and oxygen atoms in total. The highest BCUT2D eigenvalue weighted by Crippen LogP contribution is 2.31. The lowest BCUT2D eigenvalue weighted by atomic mass is 9.82. The number of hydrogen-bond acceptors (Lipinski definition) is 3. The quantitative estimate of drug-likeness (QED) is 0.928. The fourth-order valence-electron chi connectivity index (χ4n) is 3.34. The molecule has 1 aliphatic heterocycles. The Morgan fingerprint density at radius 2 is 2.05 bits per heavy atom. The first-order valence-corrected chi connectivity index (χ1v) is 8.23. The highest BCUT2D eigenvalue weighted by Gasteiger charge is 2.40. The van der Waals surface area contributed by atoms with E-state index in [1.165, 1.54) is 19.3 Å². The normalized spacial score (nSPS) is 24.8. The van der Waals surface area contributed by atoms with E-state index in [4.69, 9.17) is 0 Å². The predicted octanol–water partition coefficient (Wildman–Crippen LogP) is 2.16. The SMILES string of the molecule is O=C1NCC(=O)N(Cc2cccs2)C1C1CCCCC1. The highest BCUT2D eigenvalue weighted by molar-refractivity contribution is 7.09. The second-order valence-corrected chi connectivity index (χ2v) is 6.69. The lowest BCUT2D eigenvalue weighted by Crippen LogP contribution is -2.60. The zero-order chi connectivity index (χ0) is 13.9. The summed E-state index contributed by atoms with van der Waals surface area (Å²) in [5, 5.41) is 4.78. The molecule has 0 spiro atoms.